The van der Waals surface area contributed by atoms with Gasteiger partial charge in [0.25, 0.3) is 0 Å². The summed E-state index contributed by atoms with van der Waals surface area (Å²) in [4.78, 5) is 5.08. The van der Waals surface area contributed by atoms with Crippen LogP contribution in [0.25, 0.3) is 0 Å². The number of β-amino-alcohol motifs (C(OH)–C–C–N with tert-alkyl or cyclic N) is 1. The lowest BCUT2D eigenvalue weighted by molar-refractivity contribution is -0.0309. The topological polar surface area (TPSA) is 38.7 Å². The van der Waals surface area contributed by atoms with E-state index in [9.17, 15) is 5.11 Å². The van der Waals surface area contributed by atoms with Crippen molar-refractivity contribution in [2.75, 3.05) is 52.4 Å². The molecule has 3 aliphatic rings. The smallest absolute Gasteiger partial charge is 0.0798 e. The van der Waals surface area contributed by atoms with Crippen LogP contribution in [0.1, 0.15) is 25.7 Å². The molecule has 3 fully saturated rings. The quantitative estimate of drug-likeness (QED) is 0.747. The monoisotopic (exact) mass is 253 g/mol. The number of aliphatic hydroxyl groups is 1. The second-order valence-electron chi connectivity index (χ2n) is 6.49. The van der Waals surface area contributed by atoms with Crippen LogP contribution in [0.5, 0.6) is 0 Å². The molecule has 0 aromatic carbocycles. The first kappa shape index (κ1) is 12.9. The lowest BCUT2D eigenvalue weighted by Crippen LogP contribution is -2.54. The van der Waals surface area contributed by atoms with Gasteiger partial charge in [0, 0.05) is 39.3 Å². The van der Waals surface area contributed by atoms with Crippen molar-refractivity contribution in [3.05, 3.63) is 0 Å². The molecule has 2 saturated heterocycles. The lowest BCUT2D eigenvalue weighted by Gasteiger charge is -2.41. The van der Waals surface area contributed by atoms with Crippen molar-refractivity contribution in [3.8, 4) is 0 Å². The number of piperazine rings is 1. The van der Waals surface area contributed by atoms with Gasteiger partial charge >= 0.3 is 0 Å². The van der Waals surface area contributed by atoms with Crippen molar-refractivity contribution in [2.24, 2.45) is 5.92 Å². The molecule has 0 unspecified atom stereocenters. The summed E-state index contributed by atoms with van der Waals surface area (Å²) in [6.07, 6.45) is 4.73. The van der Waals surface area contributed by atoms with Gasteiger partial charge in [0.15, 0.2) is 0 Å². The molecular formula is C14H27N3O. The van der Waals surface area contributed by atoms with Crippen molar-refractivity contribution in [2.45, 2.75) is 31.3 Å². The van der Waals surface area contributed by atoms with Crippen molar-refractivity contribution in [1.82, 2.24) is 15.1 Å². The fraction of sp³-hybridized carbons (Fsp3) is 1.00. The molecule has 0 aromatic heterocycles. The molecule has 1 aliphatic carbocycles. The third-order valence-electron chi connectivity index (χ3n) is 4.73. The van der Waals surface area contributed by atoms with E-state index in [4.69, 9.17) is 0 Å². The van der Waals surface area contributed by atoms with Crippen LogP contribution in [0.4, 0.5) is 0 Å². The maximum Gasteiger partial charge on any atom is 0.0798 e. The van der Waals surface area contributed by atoms with Crippen LogP contribution in [-0.4, -0.2) is 72.9 Å². The van der Waals surface area contributed by atoms with Gasteiger partial charge in [-0.1, -0.05) is 0 Å². The second kappa shape index (κ2) is 5.45. The minimum absolute atomic E-state index is 0.427. The van der Waals surface area contributed by atoms with E-state index < -0.39 is 5.60 Å². The van der Waals surface area contributed by atoms with Crippen molar-refractivity contribution >= 4 is 0 Å². The van der Waals surface area contributed by atoms with E-state index in [-0.39, 0.29) is 0 Å². The van der Waals surface area contributed by atoms with Gasteiger partial charge < -0.3 is 15.3 Å². The predicted molar refractivity (Wildman–Crippen MR) is 72.7 cm³/mol. The number of hydrogen-bond acceptors (Lipinski definition) is 4. The molecule has 0 bridgehead atoms. The minimum atomic E-state index is -0.427. The van der Waals surface area contributed by atoms with Crippen molar-refractivity contribution in [3.63, 3.8) is 0 Å². The van der Waals surface area contributed by atoms with E-state index in [0.717, 1.165) is 51.5 Å². The van der Waals surface area contributed by atoms with Crippen LogP contribution in [0.3, 0.4) is 0 Å². The average Bonchev–Trinajstić information content (AvgIpc) is 3.16. The van der Waals surface area contributed by atoms with Gasteiger partial charge in [-0.2, -0.15) is 0 Å². The van der Waals surface area contributed by atoms with Gasteiger partial charge in [-0.05, 0) is 44.7 Å². The summed E-state index contributed by atoms with van der Waals surface area (Å²) in [5.74, 6) is 1.00. The van der Waals surface area contributed by atoms with Gasteiger partial charge in [-0.25, -0.2) is 0 Å². The van der Waals surface area contributed by atoms with Crippen molar-refractivity contribution in [1.29, 1.82) is 0 Å². The Labute approximate surface area is 110 Å². The van der Waals surface area contributed by atoms with Gasteiger partial charge in [0.2, 0.25) is 0 Å². The Morgan fingerprint density at radius 1 is 1.00 bits per heavy atom. The molecule has 3 rings (SSSR count). The average molecular weight is 253 g/mol. The fourth-order valence-electron chi connectivity index (χ4n) is 3.26. The van der Waals surface area contributed by atoms with E-state index in [1.807, 2.05) is 0 Å². The maximum atomic E-state index is 10.5. The van der Waals surface area contributed by atoms with Gasteiger partial charge in [-0.15, -0.1) is 0 Å². The Balaban J connectivity index is 1.41. The fourth-order valence-corrected chi connectivity index (χ4v) is 3.26. The number of hydrogen-bond donors (Lipinski definition) is 2. The normalized spacial score (nSPS) is 30.5. The highest BCUT2D eigenvalue weighted by Crippen LogP contribution is 2.30. The third kappa shape index (κ3) is 3.44. The summed E-state index contributed by atoms with van der Waals surface area (Å²) in [7, 11) is 0. The zero-order chi connectivity index (χ0) is 12.4. The van der Waals surface area contributed by atoms with Gasteiger partial charge in [0.05, 0.1) is 5.60 Å². The van der Waals surface area contributed by atoms with E-state index in [1.165, 1.54) is 32.5 Å². The van der Waals surface area contributed by atoms with E-state index in [0.29, 0.717) is 0 Å². The molecule has 2 N–H and O–H groups in total. The summed E-state index contributed by atoms with van der Waals surface area (Å²) in [5.41, 5.74) is -0.427. The summed E-state index contributed by atoms with van der Waals surface area (Å²) >= 11 is 0. The maximum absolute atomic E-state index is 10.5. The highest BCUT2D eigenvalue weighted by molar-refractivity contribution is 4.89. The Morgan fingerprint density at radius 2 is 1.61 bits per heavy atom. The van der Waals surface area contributed by atoms with Crippen LogP contribution < -0.4 is 5.32 Å². The zero-order valence-electron chi connectivity index (χ0n) is 11.4. The van der Waals surface area contributed by atoms with E-state index in [1.54, 1.807) is 0 Å². The molecule has 2 aliphatic heterocycles. The number of nitrogens with one attached hydrogen (secondary N) is 1. The molecule has 2 heterocycles. The Kier molecular flexibility index (Phi) is 3.89. The third-order valence-corrected chi connectivity index (χ3v) is 4.73. The first-order valence-corrected chi connectivity index (χ1v) is 7.61. The summed E-state index contributed by atoms with van der Waals surface area (Å²) in [6, 6.07) is 0. The summed E-state index contributed by atoms with van der Waals surface area (Å²) in [6.45, 7) is 8.82. The molecular weight excluding hydrogens is 226 g/mol. The van der Waals surface area contributed by atoms with E-state index in [2.05, 4.69) is 15.1 Å². The molecule has 0 spiro atoms. The number of rotatable bonds is 4. The largest absolute Gasteiger partial charge is 0.388 e. The van der Waals surface area contributed by atoms with E-state index >= 15 is 0 Å². The van der Waals surface area contributed by atoms with Crippen LogP contribution in [0.2, 0.25) is 0 Å². The SMILES string of the molecule is OC1(CN2CCN(CC3CC3)CC2)CCNCC1. The second-order valence-corrected chi connectivity index (χ2v) is 6.49. The van der Waals surface area contributed by atoms with Crippen LogP contribution in [-0.2, 0) is 0 Å². The Hall–Kier alpha value is -0.160. The Bertz CT molecular complexity index is 266. The molecule has 4 heteroatoms. The molecule has 104 valence electrons. The predicted octanol–water partition coefficient (Wildman–Crippen LogP) is 0.129. The first-order valence-electron chi connectivity index (χ1n) is 7.61. The molecule has 4 nitrogen and oxygen atoms in total. The lowest BCUT2D eigenvalue weighted by atomic mass is 9.91. The molecule has 0 atom stereocenters. The zero-order valence-corrected chi connectivity index (χ0v) is 11.4. The summed E-state index contributed by atoms with van der Waals surface area (Å²) in [5, 5.41) is 13.9. The van der Waals surface area contributed by atoms with Crippen molar-refractivity contribution < 1.29 is 5.11 Å². The molecule has 0 amide bonds. The van der Waals surface area contributed by atoms with Crippen LogP contribution >= 0.6 is 0 Å². The van der Waals surface area contributed by atoms with Crippen LogP contribution in [0, 0.1) is 5.92 Å². The molecule has 1 saturated carbocycles. The highest BCUT2D eigenvalue weighted by atomic mass is 16.3. The number of nitrogens with zero attached hydrogens (tertiary/aromatic N) is 2. The van der Waals surface area contributed by atoms with Gasteiger partial charge in [0.1, 0.15) is 0 Å². The molecule has 18 heavy (non-hydrogen) atoms. The Morgan fingerprint density at radius 3 is 2.22 bits per heavy atom. The summed E-state index contributed by atoms with van der Waals surface area (Å²) < 4.78 is 0. The number of piperidine rings is 1. The van der Waals surface area contributed by atoms with Gasteiger partial charge in [-0.3, -0.25) is 4.90 Å². The standard InChI is InChI=1S/C14H27N3O/c18-14(3-5-15-6-4-14)12-17-9-7-16(8-10-17)11-13-1-2-13/h13,15,18H,1-12H2. The minimum Gasteiger partial charge on any atom is -0.388 e. The first-order chi connectivity index (χ1) is 8.73. The highest BCUT2D eigenvalue weighted by Gasteiger charge is 2.33. The molecule has 0 radical (unpaired) electrons. The van der Waals surface area contributed by atoms with Crippen LogP contribution in [0.15, 0.2) is 0 Å². The molecule has 0 aromatic rings.